The zero-order chi connectivity index (χ0) is 19.7. The molecule has 0 spiro atoms. The molecule has 1 N–H and O–H groups in total. The maximum atomic E-state index is 12.7. The molecule has 27 heavy (non-hydrogen) atoms. The van der Waals surface area contributed by atoms with Crippen molar-refractivity contribution in [3.05, 3.63) is 47.0 Å². The van der Waals surface area contributed by atoms with Gasteiger partial charge in [0.1, 0.15) is 5.82 Å². The van der Waals surface area contributed by atoms with Crippen LogP contribution in [0.4, 0.5) is 5.69 Å². The molecule has 0 saturated carbocycles. The Bertz CT molecular complexity index is 990. The van der Waals surface area contributed by atoms with E-state index < -0.39 is 0 Å². The number of amides is 1. The van der Waals surface area contributed by atoms with Gasteiger partial charge in [-0.3, -0.25) is 14.0 Å². The molecule has 0 radical (unpaired) electrons. The summed E-state index contributed by atoms with van der Waals surface area (Å²) >= 11 is 1.39. The number of thioether (sulfide) groups is 1. The summed E-state index contributed by atoms with van der Waals surface area (Å²) in [5, 5.41) is 16.2. The van der Waals surface area contributed by atoms with Gasteiger partial charge in [-0.1, -0.05) is 23.9 Å². The summed E-state index contributed by atoms with van der Waals surface area (Å²) in [6.45, 7) is 9.64. The first kappa shape index (κ1) is 19.2. The number of hydrogen-bond donors (Lipinski definition) is 1. The molecule has 0 aliphatic rings. The molecule has 3 rings (SSSR count). The third kappa shape index (κ3) is 3.90. The summed E-state index contributed by atoms with van der Waals surface area (Å²) in [6.07, 6.45) is 0. The number of aryl methyl sites for hydroxylation is 4. The van der Waals surface area contributed by atoms with Crippen LogP contribution in [-0.4, -0.2) is 35.7 Å². The highest BCUT2D eigenvalue weighted by Crippen LogP contribution is 2.27. The standard InChI is InChI=1S/C19H24N6OS/c1-11-8-7-9-16(10-11)25-15(5)21-22-19(25)27-14(4)18(26)20-17-12(2)23-24(6)13(17)3/h7-10,14H,1-6H3,(H,20,26). The molecule has 0 fully saturated rings. The minimum atomic E-state index is -0.337. The molecular weight excluding hydrogens is 360 g/mol. The molecule has 1 unspecified atom stereocenters. The lowest BCUT2D eigenvalue weighted by atomic mass is 10.2. The van der Waals surface area contributed by atoms with Crippen LogP contribution in [0.15, 0.2) is 29.4 Å². The quantitative estimate of drug-likeness (QED) is 0.683. The van der Waals surface area contributed by atoms with Gasteiger partial charge < -0.3 is 5.32 Å². The van der Waals surface area contributed by atoms with Gasteiger partial charge in [0.2, 0.25) is 5.91 Å². The van der Waals surface area contributed by atoms with Gasteiger partial charge in [-0.2, -0.15) is 5.10 Å². The van der Waals surface area contributed by atoms with Crippen LogP contribution in [0, 0.1) is 27.7 Å². The minimum Gasteiger partial charge on any atom is -0.322 e. The Kier molecular flexibility index (Phi) is 5.36. The topological polar surface area (TPSA) is 77.6 Å². The Morgan fingerprint density at radius 1 is 1.19 bits per heavy atom. The van der Waals surface area contributed by atoms with E-state index in [1.165, 1.54) is 11.8 Å². The van der Waals surface area contributed by atoms with E-state index in [0.29, 0.717) is 5.16 Å². The summed E-state index contributed by atoms with van der Waals surface area (Å²) in [7, 11) is 1.86. The molecule has 2 aromatic heterocycles. The van der Waals surface area contributed by atoms with Crippen LogP contribution >= 0.6 is 11.8 Å². The lowest BCUT2D eigenvalue weighted by Gasteiger charge is -2.14. The smallest absolute Gasteiger partial charge is 0.237 e. The first-order valence-electron chi connectivity index (χ1n) is 8.74. The maximum absolute atomic E-state index is 12.7. The van der Waals surface area contributed by atoms with E-state index in [1.807, 2.05) is 64.4 Å². The lowest BCUT2D eigenvalue weighted by molar-refractivity contribution is -0.115. The number of rotatable bonds is 5. The minimum absolute atomic E-state index is 0.0874. The SMILES string of the molecule is Cc1cccc(-n2c(C)nnc2SC(C)C(=O)Nc2c(C)nn(C)c2C)c1. The molecule has 7 nitrogen and oxygen atoms in total. The van der Waals surface area contributed by atoms with Crippen molar-refractivity contribution in [1.82, 2.24) is 24.5 Å². The first-order chi connectivity index (χ1) is 12.8. The molecule has 3 aromatic rings. The zero-order valence-electron chi connectivity index (χ0n) is 16.4. The van der Waals surface area contributed by atoms with Crippen LogP contribution in [0.5, 0.6) is 0 Å². The molecule has 0 aliphatic carbocycles. The highest BCUT2D eigenvalue weighted by Gasteiger charge is 2.22. The predicted molar refractivity (Wildman–Crippen MR) is 107 cm³/mol. The van der Waals surface area contributed by atoms with E-state index in [9.17, 15) is 4.79 Å². The fourth-order valence-corrected chi connectivity index (χ4v) is 3.79. The van der Waals surface area contributed by atoms with E-state index >= 15 is 0 Å². The zero-order valence-corrected chi connectivity index (χ0v) is 17.3. The van der Waals surface area contributed by atoms with Crippen LogP contribution in [0.25, 0.3) is 5.69 Å². The molecule has 142 valence electrons. The Labute approximate surface area is 163 Å². The summed E-state index contributed by atoms with van der Waals surface area (Å²) in [5.41, 5.74) is 4.65. The van der Waals surface area contributed by atoms with Gasteiger partial charge in [0.25, 0.3) is 0 Å². The summed E-state index contributed by atoms with van der Waals surface area (Å²) in [6, 6.07) is 8.14. The normalized spacial score (nSPS) is 12.2. The molecule has 0 bridgehead atoms. The van der Waals surface area contributed by atoms with Crippen molar-refractivity contribution in [2.45, 2.75) is 45.0 Å². The second-order valence-corrected chi connectivity index (χ2v) is 7.93. The molecule has 0 saturated heterocycles. The number of anilines is 1. The van der Waals surface area contributed by atoms with Crippen molar-refractivity contribution in [1.29, 1.82) is 0 Å². The van der Waals surface area contributed by atoms with Crippen LogP contribution in [0.3, 0.4) is 0 Å². The third-order valence-electron chi connectivity index (χ3n) is 4.46. The number of carbonyl (C=O) groups excluding carboxylic acids is 1. The average Bonchev–Trinajstić information content (AvgIpc) is 3.09. The van der Waals surface area contributed by atoms with Gasteiger partial charge in [0.15, 0.2) is 5.16 Å². The van der Waals surface area contributed by atoms with E-state index in [2.05, 4.69) is 26.7 Å². The van der Waals surface area contributed by atoms with Crippen molar-refractivity contribution in [2.75, 3.05) is 5.32 Å². The van der Waals surface area contributed by atoms with Gasteiger partial charge in [0.05, 0.1) is 22.3 Å². The van der Waals surface area contributed by atoms with E-state index in [1.54, 1.807) is 4.68 Å². The van der Waals surface area contributed by atoms with Gasteiger partial charge in [-0.15, -0.1) is 10.2 Å². The largest absolute Gasteiger partial charge is 0.322 e. The maximum Gasteiger partial charge on any atom is 0.237 e. The fourth-order valence-electron chi connectivity index (χ4n) is 2.87. The van der Waals surface area contributed by atoms with Crippen LogP contribution < -0.4 is 5.32 Å². The highest BCUT2D eigenvalue weighted by atomic mass is 32.2. The first-order valence-corrected chi connectivity index (χ1v) is 9.62. The summed E-state index contributed by atoms with van der Waals surface area (Å²) < 4.78 is 3.74. The molecule has 1 aromatic carbocycles. The van der Waals surface area contributed by atoms with Crippen molar-refractivity contribution in [3.8, 4) is 5.69 Å². The Morgan fingerprint density at radius 2 is 1.93 bits per heavy atom. The number of hydrogen-bond acceptors (Lipinski definition) is 5. The van der Waals surface area contributed by atoms with E-state index in [-0.39, 0.29) is 11.2 Å². The van der Waals surface area contributed by atoms with Crippen molar-refractivity contribution in [3.63, 3.8) is 0 Å². The van der Waals surface area contributed by atoms with Crippen LogP contribution in [-0.2, 0) is 11.8 Å². The Balaban J connectivity index is 1.80. The molecule has 2 heterocycles. The van der Waals surface area contributed by atoms with Gasteiger partial charge >= 0.3 is 0 Å². The number of nitrogens with zero attached hydrogens (tertiary/aromatic N) is 5. The van der Waals surface area contributed by atoms with Crippen molar-refractivity contribution < 1.29 is 4.79 Å². The molecule has 0 aliphatic heterocycles. The lowest BCUT2D eigenvalue weighted by Crippen LogP contribution is -2.23. The van der Waals surface area contributed by atoms with Gasteiger partial charge in [-0.25, -0.2) is 0 Å². The molecule has 1 atom stereocenters. The van der Waals surface area contributed by atoms with Crippen LogP contribution in [0.1, 0.15) is 29.7 Å². The second kappa shape index (κ2) is 7.56. The van der Waals surface area contributed by atoms with E-state index in [0.717, 1.165) is 34.2 Å². The van der Waals surface area contributed by atoms with Gasteiger partial charge in [0, 0.05) is 12.7 Å². The molecular formula is C19H24N6OS. The third-order valence-corrected chi connectivity index (χ3v) is 5.51. The fraction of sp³-hybridized carbons (Fsp3) is 0.368. The highest BCUT2D eigenvalue weighted by molar-refractivity contribution is 8.00. The average molecular weight is 385 g/mol. The molecule has 8 heteroatoms. The van der Waals surface area contributed by atoms with Gasteiger partial charge in [-0.05, 0) is 52.3 Å². The monoisotopic (exact) mass is 384 g/mol. The summed E-state index contributed by atoms with van der Waals surface area (Å²) in [4.78, 5) is 12.7. The van der Waals surface area contributed by atoms with Crippen LogP contribution in [0.2, 0.25) is 0 Å². The number of aromatic nitrogens is 5. The number of nitrogens with one attached hydrogen (secondary N) is 1. The number of carbonyl (C=O) groups is 1. The van der Waals surface area contributed by atoms with Crippen molar-refractivity contribution in [2.24, 2.45) is 7.05 Å². The molecule has 1 amide bonds. The van der Waals surface area contributed by atoms with E-state index in [4.69, 9.17) is 0 Å². The predicted octanol–water partition coefficient (Wildman–Crippen LogP) is 3.35. The Morgan fingerprint density at radius 3 is 2.56 bits per heavy atom. The Hall–Kier alpha value is -2.61. The number of benzene rings is 1. The summed E-state index contributed by atoms with van der Waals surface area (Å²) in [5.74, 6) is 0.699. The van der Waals surface area contributed by atoms with Crippen molar-refractivity contribution >= 4 is 23.4 Å². The second-order valence-electron chi connectivity index (χ2n) is 6.62.